The van der Waals surface area contributed by atoms with Crippen LogP contribution in [0.2, 0.25) is 0 Å². The fraction of sp³-hybridized carbons (Fsp3) is 0.846. The molecule has 1 heteroatoms. The van der Waals surface area contributed by atoms with Crippen LogP contribution in [0.15, 0.2) is 11.6 Å². The molecule has 1 nitrogen and oxygen atoms in total. The van der Waals surface area contributed by atoms with Gasteiger partial charge in [-0.3, -0.25) is 0 Å². The zero-order valence-electron chi connectivity index (χ0n) is 9.65. The first kappa shape index (κ1) is 11.8. The van der Waals surface area contributed by atoms with Crippen molar-refractivity contribution in [1.29, 1.82) is 0 Å². The Bertz CT molecular complexity index is 153. The van der Waals surface area contributed by atoms with E-state index in [9.17, 15) is 0 Å². The lowest BCUT2D eigenvalue weighted by molar-refractivity contribution is 0.600. The topological polar surface area (TPSA) is 12.0 Å². The Morgan fingerprint density at radius 2 is 1.79 bits per heavy atom. The van der Waals surface area contributed by atoms with Gasteiger partial charge in [0.25, 0.3) is 0 Å². The lowest BCUT2D eigenvalue weighted by atomic mass is 10.0. The van der Waals surface area contributed by atoms with Gasteiger partial charge in [-0.05, 0) is 38.8 Å². The van der Waals surface area contributed by atoms with E-state index in [1.165, 1.54) is 64.5 Å². The standard InChI is InChI=1S/C13H25N/c1-2-3-4-5-6-7-8-13-9-11-14-12-10-13/h8,14H,2-7,9-12H2,1H3. The number of hydrogen-bond acceptors (Lipinski definition) is 1. The number of allylic oxidation sites excluding steroid dienone is 1. The van der Waals surface area contributed by atoms with Gasteiger partial charge < -0.3 is 5.32 Å². The van der Waals surface area contributed by atoms with E-state index in [1.807, 2.05) is 0 Å². The minimum atomic E-state index is 1.20. The minimum absolute atomic E-state index is 1.20. The molecule has 1 N–H and O–H groups in total. The number of rotatable bonds is 6. The Morgan fingerprint density at radius 1 is 1.07 bits per heavy atom. The molecule has 0 aliphatic carbocycles. The summed E-state index contributed by atoms with van der Waals surface area (Å²) in [6, 6.07) is 0. The highest BCUT2D eigenvalue weighted by atomic mass is 14.9. The molecule has 0 bridgehead atoms. The van der Waals surface area contributed by atoms with Crippen LogP contribution < -0.4 is 5.32 Å². The molecule has 82 valence electrons. The third-order valence-electron chi connectivity index (χ3n) is 2.99. The fourth-order valence-corrected chi connectivity index (χ4v) is 2.01. The van der Waals surface area contributed by atoms with Crippen molar-refractivity contribution in [3.63, 3.8) is 0 Å². The molecule has 14 heavy (non-hydrogen) atoms. The van der Waals surface area contributed by atoms with Gasteiger partial charge in [0.1, 0.15) is 0 Å². The van der Waals surface area contributed by atoms with Crippen LogP contribution in [-0.4, -0.2) is 13.1 Å². The van der Waals surface area contributed by atoms with Gasteiger partial charge >= 0.3 is 0 Å². The number of unbranched alkanes of at least 4 members (excludes halogenated alkanes) is 5. The van der Waals surface area contributed by atoms with E-state index in [-0.39, 0.29) is 0 Å². The molecule has 1 heterocycles. The van der Waals surface area contributed by atoms with Gasteiger partial charge in [-0.15, -0.1) is 0 Å². The van der Waals surface area contributed by atoms with Gasteiger partial charge in [-0.2, -0.15) is 0 Å². The second-order valence-corrected chi connectivity index (χ2v) is 4.32. The largest absolute Gasteiger partial charge is 0.316 e. The van der Waals surface area contributed by atoms with Gasteiger partial charge in [0.2, 0.25) is 0 Å². The first-order chi connectivity index (χ1) is 6.93. The highest BCUT2D eigenvalue weighted by Gasteiger charge is 2.02. The summed E-state index contributed by atoms with van der Waals surface area (Å²) in [5, 5.41) is 3.39. The van der Waals surface area contributed by atoms with Crippen molar-refractivity contribution in [2.75, 3.05) is 13.1 Å². The third kappa shape index (κ3) is 5.43. The molecule has 1 rings (SSSR count). The normalized spacial score (nSPS) is 17.1. The van der Waals surface area contributed by atoms with Crippen molar-refractivity contribution in [3.8, 4) is 0 Å². The van der Waals surface area contributed by atoms with Crippen LogP contribution >= 0.6 is 0 Å². The Kier molecular flexibility index (Phi) is 6.77. The summed E-state index contributed by atoms with van der Waals surface area (Å²) in [6.45, 7) is 4.67. The molecule has 1 aliphatic rings. The highest BCUT2D eigenvalue weighted by molar-refractivity contribution is 5.05. The minimum Gasteiger partial charge on any atom is -0.316 e. The summed E-state index contributed by atoms with van der Waals surface area (Å²) in [4.78, 5) is 0. The summed E-state index contributed by atoms with van der Waals surface area (Å²) in [5.74, 6) is 0. The summed E-state index contributed by atoms with van der Waals surface area (Å²) >= 11 is 0. The van der Waals surface area contributed by atoms with E-state index in [2.05, 4.69) is 18.3 Å². The second kappa shape index (κ2) is 8.05. The Morgan fingerprint density at radius 3 is 2.50 bits per heavy atom. The average Bonchev–Trinajstić information content (AvgIpc) is 2.25. The zero-order chi connectivity index (χ0) is 10.1. The van der Waals surface area contributed by atoms with E-state index in [0.29, 0.717) is 0 Å². The smallest absolute Gasteiger partial charge is 0.00115 e. The Hall–Kier alpha value is -0.300. The molecule has 1 fully saturated rings. The number of hydrogen-bond donors (Lipinski definition) is 1. The van der Waals surface area contributed by atoms with Crippen molar-refractivity contribution in [2.45, 2.75) is 58.3 Å². The maximum absolute atomic E-state index is 3.39. The Labute approximate surface area is 89.0 Å². The van der Waals surface area contributed by atoms with Crippen LogP contribution in [0, 0.1) is 0 Å². The lowest BCUT2D eigenvalue weighted by Crippen LogP contribution is -2.22. The van der Waals surface area contributed by atoms with Crippen LogP contribution in [0.3, 0.4) is 0 Å². The number of nitrogens with one attached hydrogen (secondary N) is 1. The first-order valence-corrected chi connectivity index (χ1v) is 6.32. The van der Waals surface area contributed by atoms with Gasteiger partial charge in [-0.25, -0.2) is 0 Å². The summed E-state index contributed by atoms with van der Waals surface area (Å²) in [7, 11) is 0. The van der Waals surface area contributed by atoms with E-state index >= 15 is 0 Å². The molecule has 0 unspecified atom stereocenters. The summed E-state index contributed by atoms with van der Waals surface area (Å²) in [6.07, 6.45) is 13.4. The molecule has 0 aromatic carbocycles. The van der Waals surface area contributed by atoms with Crippen molar-refractivity contribution in [1.82, 2.24) is 5.32 Å². The molecule has 0 atom stereocenters. The molecule has 0 aromatic rings. The predicted molar refractivity (Wildman–Crippen MR) is 63.6 cm³/mol. The first-order valence-electron chi connectivity index (χ1n) is 6.32. The SMILES string of the molecule is CCCCCCCC=C1CCNCC1. The maximum Gasteiger partial charge on any atom is -0.00115 e. The van der Waals surface area contributed by atoms with Crippen LogP contribution in [0.1, 0.15) is 58.3 Å². The lowest BCUT2D eigenvalue weighted by Gasteiger charge is -2.14. The quantitative estimate of drug-likeness (QED) is 0.504. The Balaban J connectivity index is 1.95. The maximum atomic E-state index is 3.39. The zero-order valence-corrected chi connectivity index (χ0v) is 9.65. The molecule has 1 aliphatic heterocycles. The third-order valence-corrected chi connectivity index (χ3v) is 2.99. The van der Waals surface area contributed by atoms with Crippen LogP contribution in [-0.2, 0) is 0 Å². The predicted octanol–water partition coefficient (Wildman–Crippen LogP) is 3.66. The van der Waals surface area contributed by atoms with Crippen LogP contribution in [0.5, 0.6) is 0 Å². The second-order valence-electron chi connectivity index (χ2n) is 4.32. The van der Waals surface area contributed by atoms with Crippen LogP contribution in [0.4, 0.5) is 0 Å². The highest BCUT2D eigenvalue weighted by Crippen LogP contribution is 2.13. The fourth-order valence-electron chi connectivity index (χ4n) is 2.01. The molecule has 1 saturated heterocycles. The van der Waals surface area contributed by atoms with E-state index in [1.54, 1.807) is 5.57 Å². The van der Waals surface area contributed by atoms with Crippen molar-refractivity contribution in [3.05, 3.63) is 11.6 Å². The monoisotopic (exact) mass is 195 g/mol. The molecule has 0 aromatic heterocycles. The van der Waals surface area contributed by atoms with Gasteiger partial charge in [0.05, 0.1) is 0 Å². The van der Waals surface area contributed by atoms with E-state index in [0.717, 1.165) is 0 Å². The van der Waals surface area contributed by atoms with E-state index in [4.69, 9.17) is 0 Å². The summed E-state index contributed by atoms with van der Waals surface area (Å²) in [5.41, 5.74) is 1.69. The van der Waals surface area contributed by atoms with Gasteiger partial charge in [0.15, 0.2) is 0 Å². The van der Waals surface area contributed by atoms with Gasteiger partial charge in [0, 0.05) is 0 Å². The van der Waals surface area contributed by atoms with Crippen molar-refractivity contribution < 1.29 is 0 Å². The van der Waals surface area contributed by atoms with Crippen LogP contribution in [0.25, 0.3) is 0 Å². The summed E-state index contributed by atoms with van der Waals surface area (Å²) < 4.78 is 0. The molecule has 0 radical (unpaired) electrons. The molecule has 0 saturated carbocycles. The van der Waals surface area contributed by atoms with Crippen molar-refractivity contribution in [2.24, 2.45) is 0 Å². The molecular formula is C13H25N. The van der Waals surface area contributed by atoms with Crippen molar-refractivity contribution >= 4 is 0 Å². The van der Waals surface area contributed by atoms with E-state index < -0.39 is 0 Å². The molecule has 0 spiro atoms. The molecular weight excluding hydrogens is 170 g/mol. The number of piperidine rings is 1. The molecule has 0 amide bonds. The average molecular weight is 195 g/mol. The van der Waals surface area contributed by atoms with Gasteiger partial charge in [-0.1, -0.05) is 44.3 Å².